The van der Waals surface area contributed by atoms with Crippen molar-refractivity contribution in [3.05, 3.63) is 48.0 Å². The van der Waals surface area contributed by atoms with Crippen LogP contribution in [0.2, 0.25) is 0 Å². The fraction of sp³-hybridized carbons (Fsp3) is 0.500. The Kier molecular flexibility index (Phi) is 5.65. The monoisotopic (exact) mass is 378 g/mol. The molecular weight excluding hydrogens is 348 g/mol. The van der Waals surface area contributed by atoms with E-state index in [-0.39, 0.29) is 17.7 Å². The first kappa shape index (κ1) is 19.0. The van der Waals surface area contributed by atoms with Gasteiger partial charge in [0.05, 0.1) is 0 Å². The first-order chi connectivity index (χ1) is 13.6. The largest absolute Gasteiger partial charge is 0.353 e. The van der Waals surface area contributed by atoms with Gasteiger partial charge in [0, 0.05) is 30.6 Å². The van der Waals surface area contributed by atoms with Gasteiger partial charge in [0.2, 0.25) is 5.91 Å². The molecule has 0 bridgehead atoms. The molecule has 2 unspecified atom stereocenters. The van der Waals surface area contributed by atoms with Gasteiger partial charge in [-0.05, 0) is 48.4 Å². The zero-order valence-corrected chi connectivity index (χ0v) is 16.7. The van der Waals surface area contributed by atoms with Gasteiger partial charge in [0.15, 0.2) is 0 Å². The quantitative estimate of drug-likeness (QED) is 0.861. The Morgan fingerprint density at radius 3 is 2.50 bits per heavy atom. The summed E-state index contributed by atoms with van der Waals surface area (Å²) in [5.74, 6) is 1.01. The van der Waals surface area contributed by atoms with E-state index < -0.39 is 0 Å². The van der Waals surface area contributed by atoms with Crippen LogP contribution in [0.25, 0.3) is 10.8 Å². The van der Waals surface area contributed by atoms with Crippen molar-refractivity contribution >= 4 is 22.6 Å². The van der Waals surface area contributed by atoms with Crippen molar-refractivity contribution in [2.75, 3.05) is 13.1 Å². The first-order valence-corrected chi connectivity index (χ1v) is 10.7. The first-order valence-electron chi connectivity index (χ1n) is 10.7. The topological polar surface area (TPSA) is 49.4 Å². The number of nitrogens with one attached hydrogen (secondary N) is 1. The van der Waals surface area contributed by atoms with Crippen LogP contribution in [0.3, 0.4) is 0 Å². The molecule has 2 aliphatic rings. The fourth-order valence-electron chi connectivity index (χ4n) is 4.81. The zero-order valence-electron chi connectivity index (χ0n) is 16.7. The smallest absolute Gasteiger partial charge is 0.254 e. The molecule has 0 aromatic heterocycles. The number of amides is 2. The molecule has 2 fully saturated rings. The lowest BCUT2D eigenvalue weighted by molar-refractivity contribution is -0.127. The predicted molar refractivity (Wildman–Crippen MR) is 112 cm³/mol. The summed E-state index contributed by atoms with van der Waals surface area (Å²) >= 11 is 0. The number of carbonyl (C=O) groups excluding carboxylic acids is 2. The standard InChI is InChI=1S/C24H30N2O2/c1-17-6-4-9-20(16-17)25-23(27)19-12-14-26(15-13-19)24(28)22-11-5-8-18-7-2-3-10-21(18)22/h2-3,5,7-8,10-11,17,19-20H,4,6,9,12-16H2,1H3,(H,25,27). The van der Waals surface area contributed by atoms with E-state index in [1.165, 1.54) is 12.8 Å². The highest BCUT2D eigenvalue weighted by Gasteiger charge is 2.30. The van der Waals surface area contributed by atoms with E-state index in [4.69, 9.17) is 0 Å². The molecule has 148 valence electrons. The average Bonchev–Trinajstić information content (AvgIpc) is 2.73. The lowest BCUT2D eigenvalue weighted by Gasteiger charge is -2.33. The number of hydrogen-bond acceptors (Lipinski definition) is 2. The maximum absolute atomic E-state index is 13.1. The third-order valence-electron chi connectivity index (χ3n) is 6.46. The minimum absolute atomic E-state index is 0.0359. The van der Waals surface area contributed by atoms with Gasteiger partial charge in [-0.15, -0.1) is 0 Å². The van der Waals surface area contributed by atoms with E-state index in [1.54, 1.807) is 0 Å². The van der Waals surface area contributed by atoms with Crippen molar-refractivity contribution in [3.63, 3.8) is 0 Å². The summed E-state index contributed by atoms with van der Waals surface area (Å²) in [6.45, 7) is 3.58. The van der Waals surface area contributed by atoms with Gasteiger partial charge in [-0.2, -0.15) is 0 Å². The summed E-state index contributed by atoms with van der Waals surface area (Å²) in [5.41, 5.74) is 0.761. The Morgan fingerprint density at radius 1 is 0.964 bits per heavy atom. The molecule has 2 aromatic carbocycles. The summed E-state index contributed by atoms with van der Waals surface area (Å²) < 4.78 is 0. The van der Waals surface area contributed by atoms with Crippen molar-refractivity contribution < 1.29 is 9.59 Å². The summed E-state index contributed by atoms with van der Waals surface area (Å²) in [7, 11) is 0. The molecule has 2 aromatic rings. The minimum atomic E-state index is 0.0359. The van der Waals surface area contributed by atoms with E-state index in [2.05, 4.69) is 12.2 Å². The number of rotatable bonds is 3. The molecule has 1 saturated heterocycles. The average molecular weight is 379 g/mol. The van der Waals surface area contributed by atoms with Crippen molar-refractivity contribution in [2.24, 2.45) is 11.8 Å². The molecule has 28 heavy (non-hydrogen) atoms. The molecule has 1 saturated carbocycles. The lowest BCUT2D eigenvalue weighted by atomic mass is 9.86. The third kappa shape index (κ3) is 4.06. The second-order valence-electron chi connectivity index (χ2n) is 8.57. The second-order valence-corrected chi connectivity index (χ2v) is 8.57. The molecule has 1 aliphatic carbocycles. The summed E-state index contributed by atoms with van der Waals surface area (Å²) in [4.78, 5) is 27.7. The van der Waals surface area contributed by atoms with Gasteiger partial charge in [0.25, 0.3) is 5.91 Å². The molecule has 4 heteroatoms. The van der Waals surface area contributed by atoms with Crippen LogP contribution >= 0.6 is 0 Å². The van der Waals surface area contributed by atoms with Crippen molar-refractivity contribution in [1.82, 2.24) is 10.2 Å². The molecule has 4 rings (SSSR count). The van der Waals surface area contributed by atoms with Gasteiger partial charge in [-0.1, -0.05) is 56.2 Å². The predicted octanol–water partition coefficient (Wildman–Crippen LogP) is 4.39. The Morgan fingerprint density at radius 2 is 1.71 bits per heavy atom. The molecular formula is C24H30N2O2. The highest BCUT2D eigenvalue weighted by Crippen LogP contribution is 2.26. The number of fused-ring (bicyclic) bond motifs is 1. The molecule has 0 spiro atoms. The summed E-state index contributed by atoms with van der Waals surface area (Å²) in [6.07, 6.45) is 6.21. The van der Waals surface area contributed by atoms with Crippen LogP contribution in [0.1, 0.15) is 55.8 Å². The highest BCUT2D eigenvalue weighted by atomic mass is 16.2. The molecule has 4 nitrogen and oxygen atoms in total. The van der Waals surface area contributed by atoms with E-state index in [0.29, 0.717) is 25.0 Å². The van der Waals surface area contributed by atoms with Crippen LogP contribution in [0, 0.1) is 11.8 Å². The molecule has 0 radical (unpaired) electrons. The lowest BCUT2D eigenvalue weighted by Crippen LogP contribution is -2.46. The second kappa shape index (κ2) is 8.34. The molecule has 1 heterocycles. The number of likely N-dealkylation sites (tertiary alicyclic amines) is 1. The number of carbonyl (C=O) groups is 2. The van der Waals surface area contributed by atoms with Crippen LogP contribution in [-0.4, -0.2) is 35.8 Å². The van der Waals surface area contributed by atoms with Crippen LogP contribution in [-0.2, 0) is 4.79 Å². The Balaban J connectivity index is 1.36. The number of hydrogen-bond donors (Lipinski definition) is 1. The fourth-order valence-corrected chi connectivity index (χ4v) is 4.81. The van der Waals surface area contributed by atoms with Gasteiger partial charge in [0.1, 0.15) is 0 Å². The van der Waals surface area contributed by atoms with Crippen LogP contribution in [0.15, 0.2) is 42.5 Å². The van der Waals surface area contributed by atoms with Gasteiger partial charge in [-0.25, -0.2) is 0 Å². The zero-order chi connectivity index (χ0) is 19.5. The normalized spacial score (nSPS) is 23.5. The molecule has 1 aliphatic heterocycles. The van der Waals surface area contributed by atoms with Crippen LogP contribution in [0.5, 0.6) is 0 Å². The molecule has 1 N–H and O–H groups in total. The maximum Gasteiger partial charge on any atom is 0.254 e. The number of benzene rings is 2. The van der Waals surface area contributed by atoms with Gasteiger partial charge < -0.3 is 10.2 Å². The van der Waals surface area contributed by atoms with E-state index in [0.717, 1.165) is 42.0 Å². The van der Waals surface area contributed by atoms with Crippen molar-refractivity contribution in [3.8, 4) is 0 Å². The molecule has 2 amide bonds. The number of nitrogens with zero attached hydrogens (tertiary/aromatic N) is 1. The minimum Gasteiger partial charge on any atom is -0.353 e. The highest BCUT2D eigenvalue weighted by molar-refractivity contribution is 6.07. The summed E-state index contributed by atoms with van der Waals surface area (Å²) in [6, 6.07) is 14.2. The van der Waals surface area contributed by atoms with Gasteiger partial charge >= 0.3 is 0 Å². The SMILES string of the molecule is CC1CCCC(NC(=O)C2CCN(C(=O)c3cccc4ccccc34)CC2)C1. The van der Waals surface area contributed by atoms with Crippen LogP contribution in [0.4, 0.5) is 0 Å². The van der Waals surface area contributed by atoms with Crippen molar-refractivity contribution in [2.45, 2.75) is 51.5 Å². The van der Waals surface area contributed by atoms with E-state index in [9.17, 15) is 9.59 Å². The Bertz CT molecular complexity index is 849. The Hall–Kier alpha value is -2.36. The maximum atomic E-state index is 13.1. The van der Waals surface area contributed by atoms with E-state index >= 15 is 0 Å². The molecule has 2 atom stereocenters. The van der Waals surface area contributed by atoms with Crippen molar-refractivity contribution in [1.29, 1.82) is 0 Å². The van der Waals surface area contributed by atoms with E-state index in [1.807, 2.05) is 47.4 Å². The van der Waals surface area contributed by atoms with Gasteiger partial charge in [-0.3, -0.25) is 9.59 Å². The third-order valence-corrected chi connectivity index (χ3v) is 6.46. The Labute approximate surface area is 167 Å². The summed E-state index contributed by atoms with van der Waals surface area (Å²) in [5, 5.41) is 5.37. The van der Waals surface area contributed by atoms with Crippen LogP contribution < -0.4 is 5.32 Å². The number of piperidine rings is 1.